The summed E-state index contributed by atoms with van der Waals surface area (Å²) in [5.74, 6) is 0.304. The standard InChI is InChI=1S/C9H16F3NOS/c10-9(11,12)15-5-4-14-8-3-1-2-7(8)6-13/h7-8H,1-6,13H2. The van der Waals surface area contributed by atoms with Gasteiger partial charge < -0.3 is 10.5 Å². The van der Waals surface area contributed by atoms with E-state index in [1.165, 1.54) is 0 Å². The largest absolute Gasteiger partial charge is 0.441 e. The summed E-state index contributed by atoms with van der Waals surface area (Å²) in [6.07, 6.45) is 3.11. The van der Waals surface area contributed by atoms with Crippen LogP contribution in [0, 0.1) is 5.92 Å². The van der Waals surface area contributed by atoms with E-state index in [9.17, 15) is 13.2 Å². The number of alkyl halides is 3. The minimum atomic E-state index is -4.15. The highest BCUT2D eigenvalue weighted by molar-refractivity contribution is 8.00. The maximum absolute atomic E-state index is 11.8. The SMILES string of the molecule is NCC1CCCC1OCCSC(F)(F)F. The molecule has 0 bridgehead atoms. The minimum absolute atomic E-state index is 0.0305. The molecule has 0 aromatic rings. The molecule has 0 aromatic carbocycles. The average molecular weight is 243 g/mol. The van der Waals surface area contributed by atoms with Crippen LogP contribution in [0.2, 0.25) is 0 Å². The van der Waals surface area contributed by atoms with Crippen LogP contribution in [0.15, 0.2) is 0 Å². The van der Waals surface area contributed by atoms with E-state index in [0.29, 0.717) is 12.5 Å². The molecule has 1 aliphatic rings. The molecule has 2 nitrogen and oxygen atoms in total. The van der Waals surface area contributed by atoms with Gasteiger partial charge in [0.1, 0.15) is 0 Å². The average Bonchev–Trinajstić information content (AvgIpc) is 2.58. The summed E-state index contributed by atoms with van der Waals surface area (Å²) < 4.78 is 40.8. The Hall–Kier alpha value is 0.0600. The van der Waals surface area contributed by atoms with Gasteiger partial charge in [0.2, 0.25) is 0 Å². The molecule has 1 fully saturated rings. The van der Waals surface area contributed by atoms with Gasteiger partial charge in [0.25, 0.3) is 0 Å². The van der Waals surface area contributed by atoms with Gasteiger partial charge in [0.15, 0.2) is 0 Å². The normalized spacial score (nSPS) is 27.2. The molecule has 2 atom stereocenters. The zero-order chi connectivity index (χ0) is 11.3. The lowest BCUT2D eigenvalue weighted by molar-refractivity contribution is -0.0336. The third kappa shape index (κ3) is 5.08. The van der Waals surface area contributed by atoms with Crippen LogP contribution in [0.1, 0.15) is 19.3 Å². The molecule has 6 heteroatoms. The van der Waals surface area contributed by atoms with Gasteiger partial charge in [-0.2, -0.15) is 13.2 Å². The lowest BCUT2D eigenvalue weighted by Gasteiger charge is -2.18. The zero-order valence-electron chi connectivity index (χ0n) is 8.43. The molecule has 1 aliphatic carbocycles. The van der Waals surface area contributed by atoms with Crippen LogP contribution in [0.25, 0.3) is 0 Å². The number of thioether (sulfide) groups is 1. The van der Waals surface area contributed by atoms with Gasteiger partial charge in [-0.25, -0.2) is 0 Å². The number of ether oxygens (including phenoxy) is 1. The zero-order valence-corrected chi connectivity index (χ0v) is 9.24. The van der Waals surface area contributed by atoms with E-state index in [4.69, 9.17) is 10.5 Å². The first-order chi connectivity index (χ1) is 7.03. The molecule has 2 N–H and O–H groups in total. The van der Waals surface area contributed by atoms with E-state index in [1.54, 1.807) is 0 Å². The van der Waals surface area contributed by atoms with Crippen molar-refractivity contribution in [2.45, 2.75) is 30.9 Å². The van der Waals surface area contributed by atoms with E-state index in [1.807, 2.05) is 0 Å². The van der Waals surface area contributed by atoms with Crippen molar-refractivity contribution in [1.82, 2.24) is 0 Å². The maximum atomic E-state index is 11.8. The fourth-order valence-electron chi connectivity index (χ4n) is 1.85. The Balaban J connectivity index is 2.09. The van der Waals surface area contributed by atoms with Crippen molar-refractivity contribution >= 4 is 11.8 Å². The van der Waals surface area contributed by atoms with Crippen molar-refractivity contribution in [2.24, 2.45) is 11.7 Å². The van der Waals surface area contributed by atoms with Gasteiger partial charge in [-0.05, 0) is 37.1 Å². The Morgan fingerprint density at radius 2 is 2.07 bits per heavy atom. The Kier molecular flexibility index (Phi) is 5.22. The monoisotopic (exact) mass is 243 g/mol. The second-order valence-corrected chi connectivity index (χ2v) is 4.79. The fourth-order valence-corrected chi connectivity index (χ4v) is 2.26. The number of rotatable bonds is 5. The van der Waals surface area contributed by atoms with Crippen molar-refractivity contribution in [1.29, 1.82) is 0 Å². The van der Waals surface area contributed by atoms with Gasteiger partial charge in [-0.1, -0.05) is 6.42 Å². The molecule has 90 valence electrons. The van der Waals surface area contributed by atoms with E-state index < -0.39 is 5.51 Å². The smallest absolute Gasteiger partial charge is 0.377 e. The Morgan fingerprint density at radius 3 is 2.67 bits per heavy atom. The first-order valence-electron chi connectivity index (χ1n) is 5.05. The van der Waals surface area contributed by atoms with Crippen LogP contribution < -0.4 is 5.73 Å². The van der Waals surface area contributed by atoms with Crippen molar-refractivity contribution in [2.75, 3.05) is 18.9 Å². The van der Waals surface area contributed by atoms with Crippen molar-refractivity contribution < 1.29 is 17.9 Å². The third-order valence-corrected chi connectivity index (χ3v) is 3.27. The topological polar surface area (TPSA) is 35.2 Å². The molecule has 0 saturated heterocycles. The molecule has 1 rings (SSSR count). The molecule has 0 radical (unpaired) electrons. The lowest BCUT2D eigenvalue weighted by Crippen LogP contribution is -2.26. The summed E-state index contributed by atoms with van der Waals surface area (Å²) in [5, 5.41) is 0. The molecule has 0 heterocycles. The predicted octanol–water partition coefficient (Wildman–Crippen LogP) is 2.38. The number of nitrogens with two attached hydrogens (primary N) is 1. The highest BCUT2D eigenvalue weighted by Gasteiger charge is 2.29. The summed E-state index contributed by atoms with van der Waals surface area (Å²) in [7, 11) is 0. The van der Waals surface area contributed by atoms with Gasteiger partial charge in [0, 0.05) is 5.75 Å². The van der Waals surface area contributed by atoms with Crippen LogP contribution in [-0.2, 0) is 4.74 Å². The molecule has 0 spiro atoms. The van der Waals surface area contributed by atoms with Crippen LogP contribution in [0.4, 0.5) is 13.2 Å². The van der Waals surface area contributed by atoms with Crippen LogP contribution in [-0.4, -0.2) is 30.5 Å². The molecule has 2 unspecified atom stereocenters. The summed E-state index contributed by atoms with van der Waals surface area (Å²) in [5.41, 5.74) is 1.39. The quantitative estimate of drug-likeness (QED) is 0.753. The van der Waals surface area contributed by atoms with Gasteiger partial charge in [-0.15, -0.1) is 0 Å². The molecular formula is C9H16F3NOS. The summed E-state index contributed by atoms with van der Waals surface area (Å²) >= 11 is -0.0305. The van der Waals surface area contributed by atoms with Gasteiger partial charge in [0.05, 0.1) is 12.7 Å². The van der Waals surface area contributed by atoms with Crippen LogP contribution in [0.3, 0.4) is 0 Å². The number of hydrogen-bond acceptors (Lipinski definition) is 3. The highest BCUT2D eigenvalue weighted by Crippen LogP contribution is 2.31. The molecule has 1 saturated carbocycles. The first kappa shape index (κ1) is 13.1. The van der Waals surface area contributed by atoms with Crippen LogP contribution in [0.5, 0.6) is 0 Å². The first-order valence-corrected chi connectivity index (χ1v) is 6.04. The highest BCUT2D eigenvalue weighted by atomic mass is 32.2. The van der Waals surface area contributed by atoms with E-state index in [0.717, 1.165) is 19.3 Å². The minimum Gasteiger partial charge on any atom is -0.377 e. The second-order valence-electron chi connectivity index (χ2n) is 3.63. The maximum Gasteiger partial charge on any atom is 0.441 e. The molecule has 0 aliphatic heterocycles. The molecule has 0 amide bonds. The molecule has 15 heavy (non-hydrogen) atoms. The fraction of sp³-hybridized carbons (Fsp3) is 1.00. The second kappa shape index (κ2) is 5.96. The third-order valence-electron chi connectivity index (χ3n) is 2.57. The van der Waals surface area contributed by atoms with E-state index in [-0.39, 0.29) is 30.2 Å². The Morgan fingerprint density at radius 1 is 1.33 bits per heavy atom. The van der Waals surface area contributed by atoms with Crippen molar-refractivity contribution in [3.05, 3.63) is 0 Å². The van der Waals surface area contributed by atoms with Gasteiger partial charge in [-0.3, -0.25) is 0 Å². The van der Waals surface area contributed by atoms with Crippen molar-refractivity contribution in [3.63, 3.8) is 0 Å². The van der Waals surface area contributed by atoms with Crippen molar-refractivity contribution in [3.8, 4) is 0 Å². The summed E-state index contributed by atoms with van der Waals surface area (Å²) in [6.45, 7) is 0.725. The summed E-state index contributed by atoms with van der Waals surface area (Å²) in [4.78, 5) is 0. The predicted molar refractivity (Wildman–Crippen MR) is 54.6 cm³/mol. The molecule has 0 aromatic heterocycles. The number of hydrogen-bond donors (Lipinski definition) is 1. The van der Waals surface area contributed by atoms with E-state index >= 15 is 0 Å². The molecular weight excluding hydrogens is 227 g/mol. The van der Waals surface area contributed by atoms with Crippen LogP contribution >= 0.6 is 11.8 Å². The number of halogens is 3. The summed E-state index contributed by atoms with van der Waals surface area (Å²) in [6, 6.07) is 0. The lowest BCUT2D eigenvalue weighted by atomic mass is 10.1. The Bertz CT molecular complexity index is 189. The Labute approximate surface area is 91.7 Å². The van der Waals surface area contributed by atoms with Gasteiger partial charge >= 0.3 is 5.51 Å². The van der Waals surface area contributed by atoms with E-state index in [2.05, 4.69) is 0 Å².